The van der Waals surface area contributed by atoms with Gasteiger partial charge in [0.1, 0.15) is 0 Å². The van der Waals surface area contributed by atoms with Gasteiger partial charge in [0.2, 0.25) is 0 Å². The van der Waals surface area contributed by atoms with E-state index < -0.39 is 12.9 Å². The van der Waals surface area contributed by atoms with Crippen LogP contribution in [0.15, 0.2) is 0 Å². The summed E-state index contributed by atoms with van der Waals surface area (Å²) in [7, 11) is -3.33. The summed E-state index contributed by atoms with van der Waals surface area (Å²) in [5, 5.41) is 10.7. The van der Waals surface area contributed by atoms with E-state index in [1.54, 1.807) is 6.92 Å². The number of rotatable bonds is 1. The van der Waals surface area contributed by atoms with Crippen LogP contribution in [-0.2, 0) is 13.6 Å². The molecular weight excluding hydrogens is 229 g/mol. The van der Waals surface area contributed by atoms with Crippen LogP contribution in [-0.4, -0.2) is 29.4 Å². The summed E-state index contributed by atoms with van der Waals surface area (Å²) in [6.45, 7) is 6.35. The van der Waals surface area contributed by atoms with E-state index in [0.717, 1.165) is 4.74 Å². The molecule has 2 rings (SSSR count). The number of hydrogen-bond acceptors (Lipinski definition) is 4. The minimum Gasteiger partial charge on any atom is -0.623 e. The molecule has 1 fully saturated rings. The van der Waals surface area contributed by atoms with E-state index in [0.29, 0.717) is 26.1 Å². The average molecular weight is 247 g/mol. The summed E-state index contributed by atoms with van der Waals surface area (Å²) in [6, 6.07) is 0. The first-order chi connectivity index (χ1) is 7.29. The lowest BCUT2D eigenvalue weighted by atomic mass is 9.97. The Hall–Kier alpha value is -0.380. The molecule has 1 saturated heterocycles. The summed E-state index contributed by atoms with van der Waals surface area (Å²) >= 11 is 0. The van der Waals surface area contributed by atoms with Gasteiger partial charge in [0, 0.05) is 25.2 Å². The summed E-state index contributed by atoms with van der Waals surface area (Å²) in [5.74, 6) is 0. The Morgan fingerprint density at radius 1 is 1.31 bits per heavy atom. The van der Waals surface area contributed by atoms with Crippen molar-refractivity contribution in [3.63, 3.8) is 0 Å². The minimum absolute atomic E-state index is 0.139. The van der Waals surface area contributed by atoms with Gasteiger partial charge in [0.25, 0.3) is 5.28 Å². The molecular formula is C10H18NO4P. The Bertz CT molecular complexity index is 365. The van der Waals surface area contributed by atoms with E-state index in [-0.39, 0.29) is 5.41 Å². The van der Waals surface area contributed by atoms with Crippen LogP contribution >= 0.6 is 7.60 Å². The van der Waals surface area contributed by atoms with Gasteiger partial charge in [-0.2, -0.15) is 4.74 Å². The molecule has 0 saturated carbocycles. The van der Waals surface area contributed by atoms with Crippen molar-refractivity contribution in [2.75, 3.05) is 13.2 Å². The van der Waals surface area contributed by atoms with Crippen molar-refractivity contribution in [3.05, 3.63) is 5.21 Å². The second-order valence-corrected chi connectivity index (χ2v) is 7.95. The van der Waals surface area contributed by atoms with Crippen LogP contribution in [0.5, 0.6) is 0 Å². The van der Waals surface area contributed by atoms with Crippen LogP contribution in [0.1, 0.15) is 33.6 Å². The summed E-state index contributed by atoms with van der Waals surface area (Å²) in [5.41, 5.74) is -0.139. The Labute approximate surface area is 95.6 Å². The van der Waals surface area contributed by atoms with Gasteiger partial charge in [-0.05, 0) is 0 Å². The maximum Gasteiger partial charge on any atom is 0.401 e. The van der Waals surface area contributed by atoms with Crippen LogP contribution in [0.25, 0.3) is 0 Å². The molecule has 2 heterocycles. The van der Waals surface area contributed by atoms with Crippen molar-refractivity contribution >= 4 is 13.8 Å². The zero-order valence-electron chi connectivity index (χ0n) is 9.93. The van der Waals surface area contributed by atoms with Crippen LogP contribution in [0.3, 0.4) is 0 Å². The standard InChI is InChI=1S/C10H18NO4P/c1-9(2)7-14-16(13,15-8-9)10(3)5-4-6-11(10)12/h6H,4-5,7-8H2,1-3H3. The minimum atomic E-state index is -3.33. The molecule has 2 aliphatic heterocycles. The van der Waals surface area contributed by atoms with Crippen LogP contribution in [0.2, 0.25) is 0 Å². The molecule has 0 aromatic heterocycles. The van der Waals surface area contributed by atoms with E-state index in [4.69, 9.17) is 9.05 Å². The highest BCUT2D eigenvalue weighted by molar-refractivity contribution is 7.55. The summed E-state index contributed by atoms with van der Waals surface area (Å²) in [6.07, 6.45) is 2.65. The van der Waals surface area contributed by atoms with E-state index in [9.17, 15) is 9.77 Å². The summed E-state index contributed by atoms with van der Waals surface area (Å²) < 4.78 is 24.1. The third-order valence-corrected chi connectivity index (χ3v) is 5.77. The van der Waals surface area contributed by atoms with Crippen molar-refractivity contribution < 1.29 is 18.4 Å². The van der Waals surface area contributed by atoms with Gasteiger partial charge in [0.05, 0.1) is 13.2 Å². The van der Waals surface area contributed by atoms with Crippen LogP contribution in [0, 0.1) is 10.6 Å². The van der Waals surface area contributed by atoms with Crippen LogP contribution < -0.4 is 0 Å². The summed E-state index contributed by atoms with van der Waals surface area (Å²) in [4.78, 5) is 0. The van der Waals surface area contributed by atoms with Gasteiger partial charge in [0.15, 0.2) is 6.21 Å². The average Bonchev–Trinajstić information content (AvgIpc) is 2.54. The zero-order valence-corrected chi connectivity index (χ0v) is 10.8. The quantitative estimate of drug-likeness (QED) is 0.405. The lowest BCUT2D eigenvalue weighted by Gasteiger charge is -2.39. The third-order valence-electron chi connectivity index (χ3n) is 3.23. The zero-order chi connectivity index (χ0) is 12.0. The predicted molar refractivity (Wildman–Crippen MR) is 60.6 cm³/mol. The maximum atomic E-state index is 12.5. The SMILES string of the molecule is CC1(C)COP(=O)(C2(C)CCC=[N+]2[O-])OC1. The van der Waals surface area contributed by atoms with Crippen LogP contribution in [0.4, 0.5) is 0 Å². The van der Waals surface area contributed by atoms with E-state index in [1.165, 1.54) is 6.21 Å². The molecule has 1 unspecified atom stereocenters. The molecule has 0 spiro atoms. The topological polar surface area (TPSA) is 61.6 Å². The van der Waals surface area contributed by atoms with Gasteiger partial charge in [-0.15, -0.1) is 0 Å². The molecule has 0 aliphatic carbocycles. The number of hydroxylamine groups is 1. The van der Waals surface area contributed by atoms with Crippen molar-refractivity contribution in [1.82, 2.24) is 0 Å². The second kappa shape index (κ2) is 3.56. The van der Waals surface area contributed by atoms with E-state index in [2.05, 4.69) is 0 Å². The van der Waals surface area contributed by atoms with Gasteiger partial charge >= 0.3 is 7.60 Å². The fourth-order valence-electron chi connectivity index (χ4n) is 1.90. The highest BCUT2D eigenvalue weighted by atomic mass is 31.2. The molecule has 6 heteroatoms. The van der Waals surface area contributed by atoms with Crippen molar-refractivity contribution in [2.45, 2.75) is 38.9 Å². The first-order valence-corrected chi connectivity index (χ1v) is 7.02. The lowest BCUT2D eigenvalue weighted by molar-refractivity contribution is -0.507. The molecule has 5 nitrogen and oxygen atoms in total. The van der Waals surface area contributed by atoms with Crippen molar-refractivity contribution in [3.8, 4) is 0 Å². The van der Waals surface area contributed by atoms with Crippen molar-refractivity contribution in [2.24, 2.45) is 5.41 Å². The predicted octanol–water partition coefficient (Wildman–Crippen LogP) is 2.34. The van der Waals surface area contributed by atoms with E-state index in [1.807, 2.05) is 13.8 Å². The fraction of sp³-hybridized carbons (Fsp3) is 0.900. The molecule has 1 atom stereocenters. The Balaban J connectivity index is 2.22. The van der Waals surface area contributed by atoms with Gasteiger partial charge < -0.3 is 14.3 Å². The fourth-order valence-corrected chi connectivity index (χ4v) is 4.29. The maximum absolute atomic E-state index is 12.5. The van der Waals surface area contributed by atoms with Gasteiger partial charge in [-0.3, -0.25) is 4.57 Å². The highest BCUT2D eigenvalue weighted by Crippen LogP contribution is 2.65. The van der Waals surface area contributed by atoms with E-state index >= 15 is 0 Å². The molecule has 0 bridgehead atoms. The Kier molecular flexibility index (Phi) is 2.69. The highest BCUT2D eigenvalue weighted by Gasteiger charge is 2.59. The normalized spacial score (nSPS) is 37.1. The lowest BCUT2D eigenvalue weighted by Crippen LogP contribution is -2.40. The molecule has 2 aliphatic rings. The Morgan fingerprint density at radius 3 is 2.31 bits per heavy atom. The first-order valence-electron chi connectivity index (χ1n) is 5.48. The van der Waals surface area contributed by atoms with Gasteiger partial charge in [-0.1, -0.05) is 13.8 Å². The molecule has 0 aromatic rings. The number of nitrogens with zero attached hydrogens (tertiary/aromatic N) is 1. The third kappa shape index (κ3) is 1.71. The Morgan fingerprint density at radius 2 is 1.88 bits per heavy atom. The van der Waals surface area contributed by atoms with Gasteiger partial charge in [-0.25, -0.2) is 0 Å². The smallest absolute Gasteiger partial charge is 0.401 e. The van der Waals surface area contributed by atoms with Crippen molar-refractivity contribution in [1.29, 1.82) is 0 Å². The second-order valence-electron chi connectivity index (χ2n) is 5.47. The first kappa shape index (κ1) is 12.1. The molecule has 0 radical (unpaired) electrons. The molecule has 0 amide bonds. The number of hydrogen-bond donors (Lipinski definition) is 0. The largest absolute Gasteiger partial charge is 0.623 e. The molecule has 0 aromatic carbocycles. The monoisotopic (exact) mass is 247 g/mol. The molecule has 0 N–H and O–H groups in total. The molecule has 16 heavy (non-hydrogen) atoms. The molecule has 92 valence electrons.